The van der Waals surface area contributed by atoms with Gasteiger partial charge in [0.2, 0.25) is 5.91 Å². The van der Waals surface area contributed by atoms with Crippen molar-refractivity contribution in [3.05, 3.63) is 65.9 Å². The molecule has 5 heteroatoms. The van der Waals surface area contributed by atoms with E-state index in [4.69, 9.17) is 0 Å². The zero-order valence-corrected chi connectivity index (χ0v) is 18.0. The summed E-state index contributed by atoms with van der Waals surface area (Å²) in [4.78, 5) is 29.5. The van der Waals surface area contributed by atoms with Gasteiger partial charge in [-0.15, -0.1) is 0 Å². The first-order valence-electron chi connectivity index (χ1n) is 11.0. The highest BCUT2D eigenvalue weighted by Crippen LogP contribution is 2.37. The number of benzene rings is 2. The van der Waals surface area contributed by atoms with Crippen LogP contribution >= 0.6 is 0 Å². The van der Waals surface area contributed by atoms with Crippen LogP contribution in [-0.2, 0) is 16.1 Å². The maximum absolute atomic E-state index is 13.0. The van der Waals surface area contributed by atoms with Crippen LogP contribution in [0.25, 0.3) is 22.6 Å². The van der Waals surface area contributed by atoms with E-state index in [1.165, 1.54) is 0 Å². The van der Waals surface area contributed by atoms with Crippen molar-refractivity contribution < 1.29 is 9.59 Å². The van der Waals surface area contributed by atoms with E-state index in [9.17, 15) is 9.59 Å². The first kappa shape index (κ1) is 19.6. The molecule has 0 bridgehead atoms. The van der Waals surface area contributed by atoms with Crippen LogP contribution in [0.4, 0.5) is 5.69 Å². The van der Waals surface area contributed by atoms with Gasteiger partial charge in [-0.1, -0.05) is 43.3 Å². The lowest BCUT2D eigenvalue weighted by Gasteiger charge is -2.30. The largest absolute Gasteiger partial charge is 0.341 e. The van der Waals surface area contributed by atoms with Crippen LogP contribution in [0, 0.1) is 5.92 Å². The van der Waals surface area contributed by atoms with Crippen LogP contribution in [0.2, 0.25) is 0 Å². The summed E-state index contributed by atoms with van der Waals surface area (Å²) in [5.74, 6) is 0.852. The molecule has 3 heterocycles. The van der Waals surface area contributed by atoms with E-state index in [1.54, 1.807) is 4.90 Å². The molecular formula is C26H27N3O2. The molecule has 158 valence electrons. The summed E-state index contributed by atoms with van der Waals surface area (Å²) in [5.41, 5.74) is 4.55. The Balaban J connectivity index is 1.51. The molecule has 5 nitrogen and oxygen atoms in total. The molecule has 0 unspecified atom stereocenters. The maximum atomic E-state index is 13.0. The average Bonchev–Trinajstić information content (AvgIpc) is 3.25. The normalized spacial score (nSPS) is 18.3. The highest BCUT2D eigenvalue weighted by Gasteiger charge is 2.29. The highest BCUT2D eigenvalue weighted by molar-refractivity contribution is 6.36. The number of anilines is 1. The van der Waals surface area contributed by atoms with Crippen molar-refractivity contribution in [1.82, 2.24) is 9.47 Å². The van der Waals surface area contributed by atoms with E-state index < -0.39 is 0 Å². The molecule has 1 aromatic heterocycles. The number of hydrogen-bond acceptors (Lipinski definition) is 2. The standard InChI is InChI=1S/C26H27N3O2/c1-18-11-13-28(14-12-18)25(30)17-29-16-19(20-7-3-6-10-24(20)29)15-22-21-8-4-5-9-23(21)27(2)26(22)31/h3-10,15-16,18H,11-14,17H2,1-2H3. The predicted octanol–water partition coefficient (Wildman–Crippen LogP) is 4.42. The molecule has 31 heavy (non-hydrogen) atoms. The first-order chi connectivity index (χ1) is 15.0. The topological polar surface area (TPSA) is 45.6 Å². The zero-order chi connectivity index (χ0) is 21.5. The monoisotopic (exact) mass is 413 g/mol. The molecule has 2 aliphatic rings. The quantitative estimate of drug-likeness (QED) is 0.597. The minimum atomic E-state index is -0.00320. The van der Waals surface area contributed by atoms with Crippen molar-refractivity contribution in [2.75, 3.05) is 25.0 Å². The Bertz CT molecular complexity index is 1200. The second kappa shape index (κ2) is 7.73. The summed E-state index contributed by atoms with van der Waals surface area (Å²) in [6.07, 6.45) is 6.13. The van der Waals surface area contributed by atoms with Crippen LogP contribution in [-0.4, -0.2) is 41.4 Å². The Labute approximate surface area is 182 Å². The van der Waals surface area contributed by atoms with Gasteiger partial charge in [0, 0.05) is 53.9 Å². The second-order valence-electron chi connectivity index (χ2n) is 8.73. The Morgan fingerprint density at radius 1 is 1.06 bits per heavy atom. The second-order valence-corrected chi connectivity index (χ2v) is 8.73. The molecule has 1 fully saturated rings. The lowest BCUT2D eigenvalue weighted by atomic mass is 9.99. The Hall–Kier alpha value is -3.34. The van der Waals surface area contributed by atoms with Gasteiger partial charge in [0.05, 0.1) is 5.69 Å². The molecule has 0 radical (unpaired) electrons. The number of piperidine rings is 1. The summed E-state index contributed by atoms with van der Waals surface area (Å²) in [6.45, 7) is 4.25. The number of nitrogens with zero attached hydrogens (tertiary/aromatic N) is 3. The predicted molar refractivity (Wildman–Crippen MR) is 125 cm³/mol. The summed E-state index contributed by atoms with van der Waals surface area (Å²) < 4.78 is 2.02. The van der Waals surface area contributed by atoms with Crippen LogP contribution in [0.5, 0.6) is 0 Å². The number of likely N-dealkylation sites (N-methyl/N-ethyl adjacent to an activating group) is 1. The number of likely N-dealkylation sites (tertiary alicyclic amines) is 1. The molecule has 2 aromatic carbocycles. The van der Waals surface area contributed by atoms with Gasteiger partial charge in [0.1, 0.15) is 6.54 Å². The average molecular weight is 414 g/mol. The highest BCUT2D eigenvalue weighted by atomic mass is 16.2. The van der Waals surface area contributed by atoms with Crippen molar-refractivity contribution >= 4 is 40.1 Å². The number of para-hydroxylation sites is 2. The number of hydrogen-bond donors (Lipinski definition) is 0. The van der Waals surface area contributed by atoms with Crippen LogP contribution in [0.15, 0.2) is 54.7 Å². The SMILES string of the molecule is CC1CCN(C(=O)Cn2cc(C=C3C(=O)N(C)c4ccccc43)c3ccccc32)CC1. The van der Waals surface area contributed by atoms with Crippen molar-refractivity contribution in [2.24, 2.45) is 5.92 Å². The summed E-state index contributed by atoms with van der Waals surface area (Å²) >= 11 is 0. The van der Waals surface area contributed by atoms with Crippen LogP contribution in [0.3, 0.4) is 0 Å². The first-order valence-corrected chi connectivity index (χ1v) is 11.0. The van der Waals surface area contributed by atoms with E-state index in [0.717, 1.165) is 53.6 Å². The van der Waals surface area contributed by atoms with Crippen molar-refractivity contribution in [1.29, 1.82) is 0 Å². The van der Waals surface area contributed by atoms with E-state index in [1.807, 2.05) is 71.3 Å². The Kier molecular flexibility index (Phi) is 4.89. The molecule has 0 aliphatic carbocycles. The van der Waals surface area contributed by atoms with Crippen molar-refractivity contribution in [3.63, 3.8) is 0 Å². The fourth-order valence-electron chi connectivity index (χ4n) is 4.72. The van der Waals surface area contributed by atoms with Gasteiger partial charge in [0.25, 0.3) is 5.91 Å². The zero-order valence-electron chi connectivity index (χ0n) is 18.0. The van der Waals surface area contributed by atoms with Crippen molar-refractivity contribution in [3.8, 4) is 0 Å². The number of carbonyl (C=O) groups excluding carboxylic acids is 2. The third kappa shape index (κ3) is 3.44. The maximum Gasteiger partial charge on any atom is 0.258 e. The molecule has 2 amide bonds. The van der Waals surface area contributed by atoms with E-state index in [-0.39, 0.29) is 11.8 Å². The van der Waals surface area contributed by atoms with Crippen LogP contribution in [0.1, 0.15) is 30.9 Å². The summed E-state index contributed by atoms with van der Waals surface area (Å²) in [7, 11) is 1.81. The molecule has 2 aliphatic heterocycles. The fourth-order valence-corrected chi connectivity index (χ4v) is 4.72. The van der Waals surface area contributed by atoms with Crippen molar-refractivity contribution in [2.45, 2.75) is 26.3 Å². The number of aromatic nitrogens is 1. The molecule has 1 saturated heterocycles. The lowest BCUT2D eigenvalue weighted by Crippen LogP contribution is -2.39. The molecule has 0 saturated carbocycles. The van der Waals surface area contributed by atoms with Crippen LogP contribution < -0.4 is 4.90 Å². The van der Waals surface area contributed by atoms with E-state index in [2.05, 4.69) is 13.0 Å². The van der Waals surface area contributed by atoms with Gasteiger partial charge < -0.3 is 14.4 Å². The molecule has 0 N–H and O–H groups in total. The van der Waals surface area contributed by atoms with Gasteiger partial charge in [0.15, 0.2) is 0 Å². The minimum Gasteiger partial charge on any atom is -0.341 e. The third-order valence-corrected chi connectivity index (χ3v) is 6.65. The number of fused-ring (bicyclic) bond motifs is 2. The van der Waals surface area contributed by atoms with Gasteiger partial charge in [-0.05, 0) is 37.0 Å². The summed E-state index contributed by atoms with van der Waals surface area (Å²) in [6, 6.07) is 16.0. The van der Waals surface area contributed by atoms with E-state index >= 15 is 0 Å². The lowest BCUT2D eigenvalue weighted by molar-refractivity contribution is -0.133. The smallest absolute Gasteiger partial charge is 0.258 e. The number of rotatable bonds is 3. The Morgan fingerprint density at radius 3 is 2.58 bits per heavy atom. The summed E-state index contributed by atoms with van der Waals surface area (Å²) in [5, 5.41) is 1.05. The van der Waals surface area contributed by atoms with E-state index in [0.29, 0.717) is 18.0 Å². The number of carbonyl (C=O) groups is 2. The molecule has 3 aromatic rings. The molecule has 5 rings (SSSR count). The molecule has 0 atom stereocenters. The molecule has 0 spiro atoms. The molecular weight excluding hydrogens is 386 g/mol. The van der Waals surface area contributed by atoms with Gasteiger partial charge >= 0.3 is 0 Å². The Morgan fingerprint density at radius 2 is 1.77 bits per heavy atom. The number of amides is 2. The third-order valence-electron chi connectivity index (χ3n) is 6.65. The van der Waals surface area contributed by atoms with Gasteiger partial charge in [-0.3, -0.25) is 9.59 Å². The fraction of sp³-hybridized carbons (Fsp3) is 0.308. The minimum absolute atomic E-state index is 0.00320. The van der Waals surface area contributed by atoms with Gasteiger partial charge in [-0.2, -0.15) is 0 Å². The van der Waals surface area contributed by atoms with Gasteiger partial charge in [-0.25, -0.2) is 0 Å².